The minimum Gasteiger partial charge on any atom is -0.494 e. The molecule has 2 aromatic rings. The molecule has 0 saturated heterocycles. The van der Waals surface area contributed by atoms with Crippen molar-refractivity contribution in [3.05, 3.63) is 65.7 Å². The molecular weight excluding hydrogens is 258 g/mol. The first-order chi connectivity index (χ1) is 10.3. The van der Waals surface area contributed by atoms with Crippen LogP contribution in [0.2, 0.25) is 0 Å². The van der Waals surface area contributed by atoms with Crippen LogP contribution in [0.5, 0.6) is 5.75 Å². The van der Waals surface area contributed by atoms with Crippen LogP contribution in [0.3, 0.4) is 0 Å². The van der Waals surface area contributed by atoms with E-state index in [0.717, 1.165) is 5.75 Å². The van der Waals surface area contributed by atoms with E-state index in [9.17, 15) is 0 Å². The lowest BCUT2D eigenvalue weighted by molar-refractivity contribution is 0.326. The van der Waals surface area contributed by atoms with Crippen LogP contribution in [0.1, 0.15) is 36.9 Å². The fraction of sp³-hybridized carbons (Fsp3) is 0.368. The quantitative estimate of drug-likeness (QED) is 0.861. The molecule has 3 rings (SSSR count). The zero-order chi connectivity index (χ0) is 14.7. The van der Waals surface area contributed by atoms with Crippen molar-refractivity contribution in [3.63, 3.8) is 0 Å². The lowest BCUT2D eigenvalue weighted by atomic mass is 9.83. The van der Waals surface area contributed by atoms with Crippen molar-refractivity contribution >= 4 is 0 Å². The summed E-state index contributed by atoms with van der Waals surface area (Å²) < 4.78 is 5.84. The SMILES string of the molecule is CCOc1ccccc1C(NC)C1(c2ccccc2)CC1. The molecule has 1 atom stereocenters. The van der Waals surface area contributed by atoms with E-state index in [4.69, 9.17) is 4.74 Å². The molecule has 0 aromatic heterocycles. The molecule has 0 spiro atoms. The predicted octanol–water partition coefficient (Wildman–Crippen LogP) is 4.08. The Morgan fingerprint density at radius 1 is 1.05 bits per heavy atom. The molecule has 0 aliphatic heterocycles. The maximum absolute atomic E-state index is 5.84. The van der Waals surface area contributed by atoms with Gasteiger partial charge in [-0.2, -0.15) is 0 Å². The van der Waals surface area contributed by atoms with Gasteiger partial charge in [0.05, 0.1) is 6.61 Å². The van der Waals surface area contributed by atoms with E-state index in [1.54, 1.807) is 0 Å². The molecule has 110 valence electrons. The molecule has 0 amide bonds. The molecule has 1 aliphatic rings. The summed E-state index contributed by atoms with van der Waals surface area (Å²) in [5.74, 6) is 1.00. The van der Waals surface area contributed by atoms with Crippen LogP contribution < -0.4 is 10.1 Å². The first-order valence-electron chi connectivity index (χ1n) is 7.76. The van der Waals surface area contributed by atoms with Gasteiger partial charge >= 0.3 is 0 Å². The first-order valence-corrected chi connectivity index (χ1v) is 7.76. The van der Waals surface area contributed by atoms with Crippen LogP contribution in [-0.4, -0.2) is 13.7 Å². The number of hydrogen-bond acceptors (Lipinski definition) is 2. The maximum atomic E-state index is 5.84. The molecule has 1 saturated carbocycles. The summed E-state index contributed by atoms with van der Waals surface area (Å²) in [5.41, 5.74) is 2.90. The third-order valence-corrected chi connectivity index (χ3v) is 4.51. The van der Waals surface area contributed by atoms with Crippen LogP contribution in [0.4, 0.5) is 0 Å². The number of para-hydroxylation sites is 1. The zero-order valence-corrected chi connectivity index (χ0v) is 12.8. The van der Waals surface area contributed by atoms with E-state index in [-0.39, 0.29) is 5.41 Å². The number of nitrogens with one attached hydrogen (secondary N) is 1. The molecule has 1 unspecified atom stereocenters. The molecule has 0 bridgehead atoms. The van der Waals surface area contributed by atoms with E-state index >= 15 is 0 Å². The van der Waals surface area contributed by atoms with Crippen LogP contribution >= 0.6 is 0 Å². The summed E-state index contributed by atoms with van der Waals surface area (Å²) in [6.07, 6.45) is 2.45. The molecule has 2 heteroatoms. The molecule has 0 radical (unpaired) electrons. The second-order valence-corrected chi connectivity index (χ2v) is 5.71. The van der Waals surface area contributed by atoms with Crippen molar-refractivity contribution in [2.75, 3.05) is 13.7 Å². The monoisotopic (exact) mass is 281 g/mol. The maximum Gasteiger partial charge on any atom is 0.124 e. The largest absolute Gasteiger partial charge is 0.494 e. The second kappa shape index (κ2) is 5.90. The normalized spacial score (nSPS) is 17.2. The summed E-state index contributed by atoms with van der Waals surface area (Å²) >= 11 is 0. The van der Waals surface area contributed by atoms with Crippen molar-refractivity contribution in [2.45, 2.75) is 31.2 Å². The van der Waals surface area contributed by atoms with Crippen molar-refractivity contribution in [2.24, 2.45) is 0 Å². The Morgan fingerprint density at radius 2 is 1.71 bits per heavy atom. The third kappa shape index (κ3) is 2.56. The molecule has 21 heavy (non-hydrogen) atoms. The Bertz CT molecular complexity index is 590. The Morgan fingerprint density at radius 3 is 2.33 bits per heavy atom. The zero-order valence-electron chi connectivity index (χ0n) is 12.8. The summed E-state index contributed by atoms with van der Waals surface area (Å²) in [6.45, 7) is 2.74. The average molecular weight is 281 g/mol. The number of likely N-dealkylation sites (N-methyl/N-ethyl adjacent to an activating group) is 1. The van der Waals surface area contributed by atoms with Crippen molar-refractivity contribution < 1.29 is 4.74 Å². The van der Waals surface area contributed by atoms with Gasteiger partial charge in [0.1, 0.15) is 5.75 Å². The van der Waals surface area contributed by atoms with Gasteiger partial charge in [-0.25, -0.2) is 0 Å². The molecule has 0 heterocycles. The first kappa shape index (κ1) is 14.2. The smallest absolute Gasteiger partial charge is 0.124 e. The van der Waals surface area contributed by atoms with Crippen LogP contribution in [0.15, 0.2) is 54.6 Å². The van der Waals surface area contributed by atoms with Crippen molar-refractivity contribution in [1.82, 2.24) is 5.32 Å². The van der Waals surface area contributed by atoms with E-state index in [0.29, 0.717) is 12.6 Å². The Labute approximate surface area is 127 Å². The number of ether oxygens (including phenoxy) is 1. The van der Waals surface area contributed by atoms with E-state index in [1.165, 1.54) is 24.0 Å². The van der Waals surface area contributed by atoms with Crippen molar-refractivity contribution in [3.8, 4) is 5.75 Å². The summed E-state index contributed by atoms with van der Waals surface area (Å²) in [5, 5.41) is 3.54. The Balaban J connectivity index is 2.00. The minimum atomic E-state index is 0.212. The van der Waals surface area contributed by atoms with E-state index in [1.807, 2.05) is 13.0 Å². The summed E-state index contributed by atoms with van der Waals surface area (Å²) in [4.78, 5) is 0. The highest BCUT2D eigenvalue weighted by molar-refractivity contribution is 5.44. The predicted molar refractivity (Wildman–Crippen MR) is 86.8 cm³/mol. The van der Waals surface area contributed by atoms with Gasteiger partial charge in [0.15, 0.2) is 0 Å². The van der Waals surface area contributed by atoms with Gasteiger partial charge in [-0.15, -0.1) is 0 Å². The minimum absolute atomic E-state index is 0.212. The number of rotatable bonds is 6. The van der Waals surface area contributed by atoms with E-state index < -0.39 is 0 Å². The highest BCUT2D eigenvalue weighted by Gasteiger charge is 2.51. The molecule has 1 aliphatic carbocycles. The Kier molecular flexibility index (Phi) is 3.98. The van der Waals surface area contributed by atoms with Crippen LogP contribution in [-0.2, 0) is 5.41 Å². The standard InChI is InChI=1S/C19H23NO/c1-3-21-17-12-8-7-11-16(17)18(20-2)19(13-14-19)15-9-5-4-6-10-15/h4-12,18,20H,3,13-14H2,1-2H3. The molecule has 2 aromatic carbocycles. The van der Waals surface area contributed by atoms with Gasteiger partial charge in [0.2, 0.25) is 0 Å². The molecule has 1 N–H and O–H groups in total. The molecular formula is C19H23NO. The fourth-order valence-electron chi connectivity index (χ4n) is 3.38. The lowest BCUT2D eigenvalue weighted by Crippen LogP contribution is -2.30. The van der Waals surface area contributed by atoms with Crippen LogP contribution in [0, 0.1) is 0 Å². The third-order valence-electron chi connectivity index (χ3n) is 4.51. The van der Waals surface area contributed by atoms with Crippen LogP contribution in [0.25, 0.3) is 0 Å². The number of hydrogen-bond donors (Lipinski definition) is 1. The average Bonchev–Trinajstić information content (AvgIpc) is 3.33. The van der Waals surface area contributed by atoms with Gasteiger partial charge in [-0.3, -0.25) is 0 Å². The van der Waals surface area contributed by atoms with E-state index in [2.05, 4.69) is 60.9 Å². The summed E-state index contributed by atoms with van der Waals surface area (Å²) in [7, 11) is 2.05. The Hall–Kier alpha value is -1.80. The van der Waals surface area contributed by atoms with Gasteiger partial charge in [-0.1, -0.05) is 48.5 Å². The highest BCUT2D eigenvalue weighted by atomic mass is 16.5. The van der Waals surface area contributed by atoms with Gasteiger partial charge in [0.25, 0.3) is 0 Å². The molecule has 1 fully saturated rings. The van der Waals surface area contributed by atoms with Gasteiger partial charge < -0.3 is 10.1 Å². The second-order valence-electron chi connectivity index (χ2n) is 5.71. The van der Waals surface area contributed by atoms with Gasteiger partial charge in [-0.05, 0) is 38.4 Å². The number of benzene rings is 2. The summed E-state index contributed by atoms with van der Waals surface area (Å²) in [6, 6.07) is 19.6. The van der Waals surface area contributed by atoms with Gasteiger partial charge in [0, 0.05) is 17.0 Å². The highest BCUT2D eigenvalue weighted by Crippen LogP contribution is 2.57. The topological polar surface area (TPSA) is 21.3 Å². The fourth-order valence-corrected chi connectivity index (χ4v) is 3.38. The lowest BCUT2D eigenvalue weighted by Gasteiger charge is -2.29. The molecule has 2 nitrogen and oxygen atoms in total. The van der Waals surface area contributed by atoms with Crippen molar-refractivity contribution in [1.29, 1.82) is 0 Å².